The zero-order chi connectivity index (χ0) is 14.1. The normalized spacial score (nSPS) is 24.9. The second kappa shape index (κ2) is 5.90. The Bertz CT molecular complexity index is 568. The highest BCUT2D eigenvalue weighted by molar-refractivity contribution is 8.18. The van der Waals surface area contributed by atoms with Gasteiger partial charge < -0.3 is 0 Å². The molecule has 0 aromatic heterocycles. The Morgan fingerprint density at radius 3 is 2.95 bits per heavy atom. The molecule has 0 aromatic rings. The number of carbonyl (C=O) groups is 1. The van der Waals surface area contributed by atoms with Crippen molar-refractivity contribution in [2.75, 3.05) is 5.75 Å². The lowest BCUT2D eigenvalue weighted by molar-refractivity contribution is -0.118. The first-order valence-electron chi connectivity index (χ1n) is 7.02. The molecule has 20 heavy (non-hydrogen) atoms. The predicted molar refractivity (Wildman–Crippen MR) is 88.3 cm³/mol. The van der Waals surface area contributed by atoms with Gasteiger partial charge >= 0.3 is 0 Å². The van der Waals surface area contributed by atoms with E-state index in [-0.39, 0.29) is 11.8 Å². The third kappa shape index (κ3) is 2.79. The molecule has 3 rings (SSSR count). The van der Waals surface area contributed by atoms with Crippen molar-refractivity contribution in [3.05, 3.63) is 22.1 Å². The van der Waals surface area contributed by atoms with Crippen molar-refractivity contribution in [2.45, 2.75) is 39.5 Å². The number of amidine groups is 1. The van der Waals surface area contributed by atoms with Crippen LogP contribution in [0.3, 0.4) is 0 Å². The van der Waals surface area contributed by atoms with E-state index >= 15 is 0 Å². The molecule has 1 atom stereocenters. The van der Waals surface area contributed by atoms with Crippen LogP contribution in [0.5, 0.6) is 0 Å². The standard InChI is InChI=1S/C15H18N2OS2/c1-9(2)7-8-19-15-16-13(18)12-10-5-3-4-6-11(10)20-14(12)17-15/h7,12H,3-6,8H2,1-2H3. The second-order valence-electron chi connectivity index (χ2n) is 5.47. The molecule has 0 saturated heterocycles. The highest BCUT2D eigenvalue weighted by atomic mass is 32.2. The molecule has 1 aliphatic carbocycles. The number of fused-ring (bicyclic) bond motifs is 2. The molecule has 0 aromatic carbocycles. The first-order valence-corrected chi connectivity index (χ1v) is 8.82. The van der Waals surface area contributed by atoms with Crippen molar-refractivity contribution < 1.29 is 4.79 Å². The number of rotatable bonds is 2. The number of amides is 1. The lowest BCUT2D eigenvalue weighted by atomic mass is 9.89. The molecule has 0 saturated carbocycles. The number of hydrogen-bond acceptors (Lipinski definition) is 4. The Labute approximate surface area is 128 Å². The maximum atomic E-state index is 12.3. The van der Waals surface area contributed by atoms with Gasteiger partial charge in [-0.25, -0.2) is 4.99 Å². The van der Waals surface area contributed by atoms with Crippen LogP contribution >= 0.6 is 23.5 Å². The highest BCUT2D eigenvalue weighted by Crippen LogP contribution is 2.47. The average molecular weight is 306 g/mol. The van der Waals surface area contributed by atoms with Crippen LogP contribution < -0.4 is 0 Å². The van der Waals surface area contributed by atoms with Crippen LogP contribution in [0.2, 0.25) is 0 Å². The first kappa shape index (κ1) is 14.1. The summed E-state index contributed by atoms with van der Waals surface area (Å²) in [5, 5.41) is 1.60. The van der Waals surface area contributed by atoms with E-state index in [1.807, 2.05) is 0 Å². The van der Waals surface area contributed by atoms with Crippen LogP contribution in [0.1, 0.15) is 39.5 Å². The molecule has 0 bridgehead atoms. The smallest absolute Gasteiger partial charge is 0.262 e. The zero-order valence-electron chi connectivity index (χ0n) is 11.8. The minimum absolute atomic E-state index is 0.00546. The quantitative estimate of drug-likeness (QED) is 0.719. The molecule has 106 valence electrons. The molecule has 2 heterocycles. The van der Waals surface area contributed by atoms with Gasteiger partial charge in [-0.15, -0.1) is 0 Å². The van der Waals surface area contributed by atoms with Crippen molar-refractivity contribution in [1.82, 2.24) is 0 Å². The fraction of sp³-hybridized carbons (Fsp3) is 0.533. The van der Waals surface area contributed by atoms with Crippen LogP contribution in [0.15, 0.2) is 32.1 Å². The summed E-state index contributed by atoms with van der Waals surface area (Å²) in [6.07, 6.45) is 6.73. The lowest BCUT2D eigenvalue weighted by Gasteiger charge is -2.17. The second-order valence-corrected chi connectivity index (χ2v) is 7.57. The number of carbonyl (C=O) groups excluding carboxylic acids is 1. The lowest BCUT2D eigenvalue weighted by Crippen LogP contribution is -2.25. The fourth-order valence-electron chi connectivity index (χ4n) is 2.62. The van der Waals surface area contributed by atoms with Gasteiger partial charge in [0, 0.05) is 5.75 Å². The minimum Gasteiger partial charge on any atom is -0.271 e. The van der Waals surface area contributed by atoms with Gasteiger partial charge in [-0.3, -0.25) is 4.79 Å². The zero-order valence-corrected chi connectivity index (χ0v) is 13.4. The Hall–Kier alpha value is -0.810. The Morgan fingerprint density at radius 1 is 1.35 bits per heavy atom. The minimum atomic E-state index is -0.136. The van der Waals surface area contributed by atoms with Crippen molar-refractivity contribution in [2.24, 2.45) is 15.9 Å². The number of hydrogen-bond donors (Lipinski definition) is 0. The maximum Gasteiger partial charge on any atom is 0.262 e. The van der Waals surface area contributed by atoms with Gasteiger partial charge in [0.2, 0.25) is 0 Å². The van der Waals surface area contributed by atoms with E-state index in [2.05, 4.69) is 29.9 Å². The van der Waals surface area contributed by atoms with E-state index in [4.69, 9.17) is 0 Å². The molecule has 0 fully saturated rings. The van der Waals surface area contributed by atoms with E-state index < -0.39 is 0 Å². The molecular weight excluding hydrogens is 288 g/mol. The fourth-order valence-corrected chi connectivity index (χ4v) is 4.91. The largest absolute Gasteiger partial charge is 0.271 e. The van der Waals surface area contributed by atoms with Crippen LogP contribution in [-0.4, -0.2) is 21.9 Å². The third-order valence-electron chi connectivity index (χ3n) is 3.64. The number of thioether (sulfide) groups is 2. The Balaban J connectivity index is 1.75. The van der Waals surface area contributed by atoms with Crippen molar-refractivity contribution in [1.29, 1.82) is 0 Å². The summed E-state index contributed by atoms with van der Waals surface area (Å²) in [6.45, 7) is 4.14. The number of allylic oxidation sites excluding steroid dienone is 2. The average Bonchev–Trinajstić information content (AvgIpc) is 2.76. The predicted octanol–water partition coefficient (Wildman–Crippen LogP) is 4.17. The number of nitrogens with zero attached hydrogens (tertiary/aromatic N) is 2. The molecule has 3 aliphatic rings. The highest BCUT2D eigenvalue weighted by Gasteiger charge is 2.40. The Kier molecular flexibility index (Phi) is 4.17. The molecule has 3 nitrogen and oxygen atoms in total. The SMILES string of the molecule is CC(C)=CCSC1=NC(=O)C2C(=N1)SC1=C2CCCC1. The van der Waals surface area contributed by atoms with E-state index in [0.717, 1.165) is 23.6 Å². The van der Waals surface area contributed by atoms with Gasteiger partial charge in [0.25, 0.3) is 5.91 Å². The first-order chi connectivity index (χ1) is 9.65. The summed E-state index contributed by atoms with van der Waals surface area (Å²) in [5.74, 6) is 0.686. The monoisotopic (exact) mass is 306 g/mol. The van der Waals surface area contributed by atoms with Crippen LogP contribution in [0.25, 0.3) is 0 Å². The summed E-state index contributed by atoms with van der Waals surface area (Å²) in [7, 11) is 0. The van der Waals surface area contributed by atoms with Crippen molar-refractivity contribution in [3.63, 3.8) is 0 Å². The van der Waals surface area contributed by atoms with Gasteiger partial charge in [-0.1, -0.05) is 35.2 Å². The molecule has 0 N–H and O–H groups in total. The summed E-state index contributed by atoms with van der Waals surface area (Å²) >= 11 is 3.27. The molecule has 1 unspecified atom stereocenters. The molecule has 2 aliphatic heterocycles. The summed E-state index contributed by atoms with van der Waals surface area (Å²) in [4.78, 5) is 22.5. The van der Waals surface area contributed by atoms with E-state index in [1.165, 1.54) is 28.9 Å². The molecule has 5 heteroatoms. The van der Waals surface area contributed by atoms with Gasteiger partial charge in [0.1, 0.15) is 5.92 Å². The van der Waals surface area contributed by atoms with Crippen LogP contribution in [0, 0.1) is 5.92 Å². The summed E-state index contributed by atoms with van der Waals surface area (Å²) in [5.41, 5.74) is 2.58. The molecule has 1 amide bonds. The van der Waals surface area contributed by atoms with E-state index in [9.17, 15) is 4.79 Å². The number of aliphatic imine (C=N–C) groups is 2. The van der Waals surface area contributed by atoms with Crippen LogP contribution in [-0.2, 0) is 4.79 Å². The Morgan fingerprint density at radius 2 is 2.15 bits per heavy atom. The van der Waals surface area contributed by atoms with Gasteiger partial charge in [-0.2, -0.15) is 4.99 Å². The van der Waals surface area contributed by atoms with Gasteiger partial charge in [0.05, 0.1) is 5.04 Å². The molecule has 0 spiro atoms. The van der Waals surface area contributed by atoms with Crippen LogP contribution in [0.4, 0.5) is 0 Å². The molecular formula is C15H18N2OS2. The maximum absolute atomic E-state index is 12.3. The van der Waals surface area contributed by atoms with Crippen molar-refractivity contribution in [3.8, 4) is 0 Å². The van der Waals surface area contributed by atoms with E-state index in [0.29, 0.717) is 5.17 Å². The molecule has 0 radical (unpaired) electrons. The summed E-state index contributed by atoms with van der Waals surface area (Å²) in [6, 6.07) is 0. The van der Waals surface area contributed by atoms with Gasteiger partial charge in [0.15, 0.2) is 5.17 Å². The van der Waals surface area contributed by atoms with Crippen molar-refractivity contribution >= 4 is 39.6 Å². The third-order valence-corrected chi connectivity index (χ3v) is 5.67. The summed E-state index contributed by atoms with van der Waals surface area (Å²) < 4.78 is 0. The topological polar surface area (TPSA) is 41.8 Å². The van der Waals surface area contributed by atoms with Gasteiger partial charge in [-0.05, 0) is 50.0 Å². The van der Waals surface area contributed by atoms with E-state index in [1.54, 1.807) is 23.5 Å².